The Morgan fingerprint density at radius 3 is 2.71 bits per heavy atom. The van der Waals surface area contributed by atoms with Gasteiger partial charge in [-0.3, -0.25) is 4.79 Å². The van der Waals surface area contributed by atoms with Crippen LogP contribution >= 0.6 is 0 Å². The predicted octanol–water partition coefficient (Wildman–Crippen LogP) is 1.04. The lowest BCUT2D eigenvalue weighted by atomic mass is 10.1. The van der Waals surface area contributed by atoms with Crippen molar-refractivity contribution in [3.05, 3.63) is 36.4 Å². The molecule has 154 valence electrons. The van der Waals surface area contributed by atoms with E-state index in [1.54, 1.807) is 18.2 Å². The molecule has 1 N–H and O–H groups in total. The lowest BCUT2D eigenvalue weighted by Gasteiger charge is -2.17. The first-order chi connectivity index (χ1) is 13.2. The van der Waals surface area contributed by atoms with E-state index in [4.69, 9.17) is 14.2 Å². The van der Waals surface area contributed by atoms with Crippen molar-refractivity contribution in [3.63, 3.8) is 0 Å². The van der Waals surface area contributed by atoms with Crippen LogP contribution in [-0.4, -0.2) is 57.7 Å². The van der Waals surface area contributed by atoms with Crippen LogP contribution in [0.15, 0.2) is 30.9 Å². The van der Waals surface area contributed by atoms with Crippen molar-refractivity contribution in [2.45, 2.75) is 31.9 Å². The van der Waals surface area contributed by atoms with Crippen LogP contribution in [0, 0.1) is 0 Å². The number of carbonyl (C=O) groups is 2. The van der Waals surface area contributed by atoms with Crippen molar-refractivity contribution in [3.8, 4) is 11.5 Å². The first kappa shape index (κ1) is 21.7. The zero-order chi connectivity index (χ0) is 20.7. The Morgan fingerprint density at radius 2 is 2.11 bits per heavy atom. The van der Waals surface area contributed by atoms with Crippen LogP contribution in [0.2, 0.25) is 0 Å². The van der Waals surface area contributed by atoms with Gasteiger partial charge in [0.2, 0.25) is 0 Å². The lowest BCUT2D eigenvalue weighted by molar-refractivity contribution is -0.156. The minimum Gasteiger partial charge on any atom is -0.493 e. The molecule has 0 radical (unpaired) electrons. The molecule has 2 rings (SSSR count). The van der Waals surface area contributed by atoms with Crippen molar-refractivity contribution in [1.29, 1.82) is 0 Å². The molecule has 28 heavy (non-hydrogen) atoms. The predicted molar refractivity (Wildman–Crippen MR) is 103 cm³/mol. The molecule has 0 bridgehead atoms. The third-order valence-corrected chi connectivity index (χ3v) is 5.98. The maximum absolute atomic E-state index is 12.1. The van der Waals surface area contributed by atoms with E-state index in [1.165, 1.54) is 14.0 Å². The fourth-order valence-corrected chi connectivity index (χ4v) is 4.45. The molecule has 1 saturated heterocycles. The van der Waals surface area contributed by atoms with E-state index in [2.05, 4.69) is 11.9 Å². The van der Waals surface area contributed by atoms with Crippen LogP contribution in [0.25, 0.3) is 0 Å². The van der Waals surface area contributed by atoms with Crippen molar-refractivity contribution in [1.82, 2.24) is 5.32 Å². The Balaban J connectivity index is 1.83. The molecule has 2 atom stereocenters. The van der Waals surface area contributed by atoms with Gasteiger partial charge in [-0.2, -0.15) is 0 Å². The highest BCUT2D eigenvalue weighted by atomic mass is 32.2. The Labute approximate surface area is 164 Å². The van der Waals surface area contributed by atoms with Gasteiger partial charge in [-0.05, 0) is 37.5 Å². The van der Waals surface area contributed by atoms with Gasteiger partial charge in [-0.15, -0.1) is 6.58 Å². The SMILES string of the molecule is C=CCc1ccc(OCC(=O)O[C@H](C)C(=O)N[C@H]2CCS(=O)(=O)C2)c(OC)c1. The number of allylic oxidation sites excluding steroid dienone is 1. The number of esters is 1. The molecule has 8 nitrogen and oxygen atoms in total. The normalized spacial score (nSPS) is 18.7. The van der Waals surface area contributed by atoms with Gasteiger partial charge >= 0.3 is 5.97 Å². The number of sulfone groups is 1. The van der Waals surface area contributed by atoms with Crippen LogP contribution < -0.4 is 14.8 Å². The Kier molecular flexibility index (Phi) is 7.45. The van der Waals surface area contributed by atoms with Gasteiger partial charge in [0.05, 0.1) is 18.6 Å². The molecule has 0 aliphatic carbocycles. The molecule has 1 heterocycles. The Hall–Kier alpha value is -2.55. The second kappa shape index (κ2) is 9.59. The maximum Gasteiger partial charge on any atom is 0.344 e. The highest BCUT2D eigenvalue weighted by Crippen LogP contribution is 2.28. The summed E-state index contributed by atoms with van der Waals surface area (Å²) < 4.78 is 38.6. The van der Waals surface area contributed by atoms with E-state index in [9.17, 15) is 18.0 Å². The summed E-state index contributed by atoms with van der Waals surface area (Å²) in [5.74, 6) is -0.459. The number of amides is 1. The summed E-state index contributed by atoms with van der Waals surface area (Å²) in [5.41, 5.74) is 0.987. The molecule has 1 aromatic carbocycles. The van der Waals surface area contributed by atoms with Crippen LogP contribution in [0.1, 0.15) is 18.9 Å². The molecular weight excluding hydrogens is 386 g/mol. The molecule has 9 heteroatoms. The first-order valence-electron chi connectivity index (χ1n) is 8.85. The summed E-state index contributed by atoms with van der Waals surface area (Å²) >= 11 is 0. The average molecular weight is 411 g/mol. The summed E-state index contributed by atoms with van der Waals surface area (Å²) in [6.45, 7) is 4.70. The molecule has 0 saturated carbocycles. The monoisotopic (exact) mass is 411 g/mol. The quantitative estimate of drug-likeness (QED) is 0.478. The number of rotatable bonds is 9. The van der Waals surface area contributed by atoms with Gasteiger partial charge in [-0.25, -0.2) is 13.2 Å². The second-order valence-corrected chi connectivity index (χ2v) is 8.74. The lowest BCUT2D eigenvalue weighted by Crippen LogP contribution is -2.43. The number of methoxy groups -OCH3 is 1. The van der Waals surface area contributed by atoms with E-state index in [-0.39, 0.29) is 11.5 Å². The zero-order valence-corrected chi connectivity index (χ0v) is 16.8. The van der Waals surface area contributed by atoms with E-state index in [0.717, 1.165) is 5.56 Å². The largest absolute Gasteiger partial charge is 0.493 e. The summed E-state index contributed by atoms with van der Waals surface area (Å²) in [5, 5.41) is 2.59. The highest BCUT2D eigenvalue weighted by Gasteiger charge is 2.30. The van der Waals surface area contributed by atoms with Crippen LogP contribution in [-0.2, 0) is 30.6 Å². The molecule has 1 fully saturated rings. The van der Waals surface area contributed by atoms with Crippen LogP contribution in [0.4, 0.5) is 0 Å². The van der Waals surface area contributed by atoms with Gasteiger partial charge in [0.25, 0.3) is 5.91 Å². The smallest absolute Gasteiger partial charge is 0.344 e. The molecule has 1 amide bonds. The molecule has 1 aromatic rings. The Bertz CT molecular complexity index is 835. The van der Waals surface area contributed by atoms with E-state index in [0.29, 0.717) is 24.3 Å². The fraction of sp³-hybridized carbons (Fsp3) is 0.474. The van der Waals surface area contributed by atoms with Crippen molar-refractivity contribution >= 4 is 21.7 Å². The third kappa shape index (κ3) is 6.26. The average Bonchev–Trinajstić information content (AvgIpc) is 2.98. The van der Waals surface area contributed by atoms with Crippen molar-refractivity contribution in [2.75, 3.05) is 25.2 Å². The number of benzene rings is 1. The summed E-state index contributed by atoms with van der Waals surface area (Å²) in [6, 6.07) is 4.85. The standard InChI is InChI=1S/C19H25NO7S/c1-4-5-14-6-7-16(17(10-14)25-3)26-11-18(21)27-13(2)19(22)20-15-8-9-28(23,24)12-15/h4,6-7,10,13,15H,1,5,8-9,11-12H2,2-3H3,(H,20,22)/t13-,15+/m1/s1. The number of hydrogen-bond donors (Lipinski definition) is 1. The molecule has 0 unspecified atom stereocenters. The summed E-state index contributed by atoms with van der Waals surface area (Å²) in [7, 11) is -1.61. The second-order valence-electron chi connectivity index (χ2n) is 6.51. The van der Waals surface area contributed by atoms with E-state index in [1.807, 2.05) is 6.07 Å². The number of carbonyl (C=O) groups excluding carboxylic acids is 2. The molecule has 0 spiro atoms. The van der Waals surface area contributed by atoms with Gasteiger partial charge in [-0.1, -0.05) is 12.1 Å². The number of hydrogen-bond acceptors (Lipinski definition) is 7. The summed E-state index contributed by atoms with van der Waals surface area (Å²) in [6.07, 6.45) is 1.74. The van der Waals surface area contributed by atoms with Gasteiger partial charge < -0.3 is 19.5 Å². The molecular formula is C19H25NO7S. The third-order valence-electron chi connectivity index (χ3n) is 4.21. The van der Waals surface area contributed by atoms with Gasteiger partial charge in [0, 0.05) is 6.04 Å². The molecule has 0 aromatic heterocycles. The summed E-state index contributed by atoms with van der Waals surface area (Å²) in [4.78, 5) is 24.0. The number of ether oxygens (including phenoxy) is 3. The van der Waals surface area contributed by atoms with Crippen LogP contribution in [0.3, 0.4) is 0 Å². The van der Waals surface area contributed by atoms with Gasteiger partial charge in [0.15, 0.2) is 34.0 Å². The Morgan fingerprint density at radius 1 is 1.36 bits per heavy atom. The van der Waals surface area contributed by atoms with Crippen molar-refractivity contribution in [2.24, 2.45) is 0 Å². The maximum atomic E-state index is 12.1. The molecule has 1 aliphatic heterocycles. The number of nitrogens with one attached hydrogen (secondary N) is 1. The van der Waals surface area contributed by atoms with E-state index >= 15 is 0 Å². The van der Waals surface area contributed by atoms with E-state index < -0.39 is 40.5 Å². The van der Waals surface area contributed by atoms with Crippen molar-refractivity contribution < 1.29 is 32.2 Å². The fourth-order valence-electron chi connectivity index (χ4n) is 2.77. The highest BCUT2D eigenvalue weighted by molar-refractivity contribution is 7.91. The minimum absolute atomic E-state index is 0.0490. The zero-order valence-electron chi connectivity index (χ0n) is 16.0. The molecule has 1 aliphatic rings. The van der Waals surface area contributed by atoms with Crippen LogP contribution in [0.5, 0.6) is 11.5 Å². The minimum atomic E-state index is -3.10. The van der Waals surface area contributed by atoms with Gasteiger partial charge in [0.1, 0.15) is 0 Å². The topological polar surface area (TPSA) is 108 Å². The first-order valence-corrected chi connectivity index (χ1v) is 10.7.